The van der Waals surface area contributed by atoms with Crippen molar-refractivity contribution < 1.29 is 10.0 Å². The van der Waals surface area contributed by atoms with Gasteiger partial charge < -0.3 is 10.0 Å². The van der Waals surface area contributed by atoms with Gasteiger partial charge in [-0.15, -0.1) is 0 Å². The van der Waals surface area contributed by atoms with E-state index in [4.69, 9.17) is 0 Å². The van der Waals surface area contributed by atoms with Crippen molar-refractivity contribution in [2.24, 2.45) is 0 Å². The van der Waals surface area contributed by atoms with Crippen molar-refractivity contribution in [3.8, 4) is 0 Å². The fraction of sp³-hybridized carbons (Fsp3) is 0.200. The zero-order chi connectivity index (χ0) is 12.3. The molecule has 0 aliphatic heterocycles. The van der Waals surface area contributed by atoms with Crippen molar-refractivity contribution in [3.63, 3.8) is 0 Å². The van der Waals surface area contributed by atoms with E-state index in [1.165, 1.54) is 11.5 Å². The first kappa shape index (κ1) is 12.6. The Kier molecular flexibility index (Phi) is 4.17. The highest BCUT2D eigenvalue weighted by Crippen LogP contribution is 2.23. The van der Waals surface area contributed by atoms with E-state index >= 15 is 0 Å². The highest BCUT2D eigenvalue weighted by Gasteiger charge is 2.15. The first-order valence-electron chi connectivity index (χ1n) is 5.04. The van der Waals surface area contributed by atoms with Crippen LogP contribution in [0.4, 0.5) is 0 Å². The molecule has 17 heavy (non-hydrogen) atoms. The molecular weight excluding hydrogens is 255 g/mol. The van der Waals surface area contributed by atoms with Gasteiger partial charge in [0.15, 0.2) is 4.34 Å². The van der Waals surface area contributed by atoms with Crippen LogP contribution in [0.2, 0.25) is 0 Å². The predicted octanol–water partition coefficient (Wildman–Crippen LogP) is 0.819. The summed E-state index contributed by atoms with van der Waals surface area (Å²) in [6.07, 6.45) is 0. The minimum absolute atomic E-state index is 0.543. The van der Waals surface area contributed by atoms with E-state index in [2.05, 4.69) is 9.36 Å². The lowest BCUT2D eigenvalue weighted by atomic mass is 9.77. The highest BCUT2D eigenvalue weighted by atomic mass is 32.2. The van der Waals surface area contributed by atoms with E-state index in [0.29, 0.717) is 11.2 Å². The van der Waals surface area contributed by atoms with Gasteiger partial charge in [0.2, 0.25) is 0 Å². The minimum atomic E-state index is -1.43. The molecule has 0 amide bonds. The van der Waals surface area contributed by atoms with Crippen LogP contribution in [-0.2, 0) is 5.75 Å². The lowest BCUT2D eigenvalue weighted by molar-refractivity contribution is 0.425. The molecule has 88 valence electrons. The molecule has 2 aromatic rings. The number of nitrogens with zero attached hydrogens (tertiary/aromatic N) is 2. The van der Waals surface area contributed by atoms with Crippen molar-refractivity contribution in [1.82, 2.24) is 9.36 Å². The van der Waals surface area contributed by atoms with Gasteiger partial charge in [0.1, 0.15) is 5.82 Å². The second-order valence-corrected chi connectivity index (χ2v) is 5.44. The number of thioether (sulfide) groups is 1. The molecule has 0 radical (unpaired) electrons. The molecule has 2 N–H and O–H groups in total. The van der Waals surface area contributed by atoms with Crippen LogP contribution in [0.25, 0.3) is 0 Å². The normalized spacial score (nSPS) is 10.5. The third kappa shape index (κ3) is 3.29. The molecule has 0 saturated heterocycles. The van der Waals surface area contributed by atoms with E-state index in [-0.39, 0.29) is 0 Å². The summed E-state index contributed by atoms with van der Waals surface area (Å²) in [7, 11) is -1.43. The summed E-state index contributed by atoms with van der Waals surface area (Å²) < 4.78 is 4.99. The summed E-state index contributed by atoms with van der Waals surface area (Å²) in [5.74, 6) is 1.43. The zero-order valence-electron chi connectivity index (χ0n) is 9.20. The molecule has 0 spiro atoms. The van der Waals surface area contributed by atoms with Gasteiger partial charge in [0.05, 0.1) is 0 Å². The van der Waals surface area contributed by atoms with Gasteiger partial charge in [-0.25, -0.2) is 4.98 Å². The molecule has 0 saturated carbocycles. The second kappa shape index (κ2) is 5.64. The molecular formula is C10H11BN2O2S2. The molecule has 0 unspecified atom stereocenters. The molecule has 0 atom stereocenters. The van der Waals surface area contributed by atoms with Crippen molar-refractivity contribution in [2.45, 2.75) is 17.0 Å². The van der Waals surface area contributed by atoms with E-state index in [1.54, 1.807) is 23.9 Å². The number of rotatable bonds is 4. The van der Waals surface area contributed by atoms with Crippen LogP contribution in [0.1, 0.15) is 11.4 Å². The lowest BCUT2D eigenvalue weighted by Gasteiger charge is -2.06. The van der Waals surface area contributed by atoms with Crippen molar-refractivity contribution in [3.05, 3.63) is 35.7 Å². The first-order valence-corrected chi connectivity index (χ1v) is 6.80. The fourth-order valence-electron chi connectivity index (χ4n) is 1.39. The fourth-order valence-corrected chi connectivity index (χ4v) is 3.06. The summed E-state index contributed by atoms with van der Waals surface area (Å²) in [4.78, 5) is 4.25. The summed E-state index contributed by atoms with van der Waals surface area (Å²) in [5, 5.41) is 18.5. The molecule has 0 fully saturated rings. The maximum atomic E-state index is 9.23. The number of aromatic nitrogens is 2. The predicted molar refractivity (Wildman–Crippen MR) is 70.5 cm³/mol. The number of aryl methyl sites for hydroxylation is 1. The molecule has 1 aromatic heterocycles. The third-order valence-corrected chi connectivity index (χ3v) is 4.17. The van der Waals surface area contributed by atoms with Gasteiger partial charge >= 0.3 is 7.12 Å². The molecule has 0 aliphatic carbocycles. The Bertz CT molecular complexity index is 505. The average molecular weight is 266 g/mol. The topological polar surface area (TPSA) is 66.2 Å². The largest absolute Gasteiger partial charge is 0.488 e. The number of hydrogen-bond donors (Lipinski definition) is 2. The molecule has 2 rings (SSSR count). The molecule has 1 heterocycles. The van der Waals surface area contributed by atoms with Crippen LogP contribution in [0.5, 0.6) is 0 Å². The maximum Gasteiger partial charge on any atom is 0.488 e. The molecule has 4 nitrogen and oxygen atoms in total. The number of benzene rings is 1. The second-order valence-electron chi connectivity index (χ2n) is 3.47. The quantitative estimate of drug-likeness (QED) is 0.633. The highest BCUT2D eigenvalue weighted by molar-refractivity contribution is 8.00. The van der Waals surface area contributed by atoms with Crippen LogP contribution in [-0.4, -0.2) is 26.5 Å². The molecule has 0 bridgehead atoms. The Morgan fingerprint density at radius 3 is 2.76 bits per heavy atom. The Hall–Kier alpha value is -0.885. The van der Waals surface area contributed by atoms with E-state index in [9.17, 15) is 10.0 Å². The van der Waals surface area contributed by atoms with Gasteiger partial charge in [-0.05, 0) is 29.5 Å². The van der Waals surface area contributed by atoms with Gasteiger partial charge in [-0.1, -0.05) is 36.0 Å². The van der Waals surface area contributed by atoms with Crippen LogP contribution in [0, 0.1) is 6.92 Å². The van der Waals surface area contributed by atoms with Gasteiger partial charge in [0, 0.05) is 5.75 Å². The summed E-state index contributed by atoms with van der Waals surface area (Å²) >= 11 is 2.91. The van der Waals surface area contributed by atoms with Crippen LogP contribution < -0.4 is 5.46 Å². The zero-order valence-corrected chi connectivity index (χ0v) is 10.8. The summed E-state index contributed by atoms with van der Waals surface area (Å²) in [5.41, 5.74) is 1.45. The third-order valence-electron chi connectivity index (χ3n) is 2.19. The Morgan fingerprint density at radius 2 is 2.12 bits per heavy atom. The molecule has 1 aromatic carbocycles. The monoisotopic (exact) mass is 266 g/mol. The van der Waals surface area contributed by atoms with E-state index in [1.807, 2.05) is 19.1 Å². The smallest absolute Gasteiger partial charge is 0.423 e. The Labute approximate surface area is 108 Å². The van der Waals surface area contributed by atoms with Crippen LogP contribution in [0.15, 0.2) is 28.6 Å². The van der Waals surface area contributed by atoms with Crippen molar-refractivity contribution in [1.29, 1.82) is 0 Å². The summed E-state index contributed by atoms with van der Waals surface area (Å²) in [6.45, 7) is 1.85. The lowest BCUT2D eigenvalue weighted by Crippen LogP contribution is -2.32. The van der Waals surface area contributed by atoms with Crippen LogP contribution >= 0.6 is 23.3 Å². The van der Waals surface area contributed by atoms with Crippen molar-refractivity contribution in [2.75, 3.05) is 0 Å². The van der Waals surface area contributed by atoms with Gasteiger partial charge in [-0.2, -0.15) is 4.37 Å². The van der Waals surface area contributed by atoms with Crippen LogP contribution in [0.3, 0.4) is 0 Å². The van der Waals surface area contributed by atoms with Gasteiger partial charge in [0.25, 0.3) is 0 Å². The Morgan fingerprint density at radius 1 is 1.35 bits per heavy atom. The van der Waals surface area contributed by atoms with E-state index in [0.717, 1.165) is 15.7 Å². The SMILES string of the molecule is Cc1nsc(SCc2ccccc2B(O)O)n1. The molecule has 7 heteroatoms. The maximum absolute atomic E-state index is 9.23. The van der Waals surface area contributed by atoms with E-state index < -0.39 is 7.12 Å². The molecule has 0 aliphatic rings. The minimum Gasteiger partial charge on any atom is -0.423 e. The first-order chi connectivity index (χ1) is 8.16. The summed E-state index contributed by atoms with van der Waals surface area (Å²) in [6, 6.07) is 7.27. The number of hydrogen-bond acceptors (Lipinski definition) is 6. The average Bonchev–Trinajstić information content (AvgIpc) is 2.73. The standard InChI is InChI=1S/C10H11BN2O2S2/c1-7-12-10(17-13-7)16-6-8-4-2-3-5-9(8)11(14)15/h2-5,14-15H,6H2,1H3. The van der Waals surface area contributed by atoms with Gasteiger partial charge in [-0.3, -0.25) is 0 Å². The van der Waals surface area contributed by atoms with Crippen molar-refractivity contribution >= 4 is 35.9 Å². The Balaban J connectivity index is 2.08.